The van der Waals surface area contributed by atoms with Crippen LogP contribution in [0.25, 0.3) is 16.8 Å². The zero-order valence-corrected chi connectivity index (χ0v) is 23.4. The summed E-state index contributed by atoms with van der Waals surface area (Å²) in [5.74, 6) is -1.07. The highest BCUT2D eigenvalue weighted by molar-refractivity contribution is 6.30. The number of amides is 3. The second-order valence-electron chi connectivity index (χ2n) is 9.40. The minimum Gasteiger partial charge on any atom is -0.453 e. The summed E-state index contributed by atoms with van der Waals surface area (Å²) < 4.78 is 26.0. The maximum Gasteiger partial charge on any atom is 0.411 e. The van der Waals surface area contributed by atoms with Gasteiger partial charge in [-0.25, -0.2) is 18.7 Å². The molecule has 3 N–H and O–H groups in total. The van der Waals surface area contributed by atoms with Crippen molar-refractivity contribution in [3.63, 3.8) is 0 Å². The Bertz CT molecular complexity index is 1680. The van der Waals surface area contributed by atoms with Crippen molar-refractivity contribution in [2.45, 2.75) is 25.8 Å². The van der Waals surface area contributed by atoms with Crippen molar-refractivity contribution in [1.82, 2.24) is 20.1 Å². The van der Waals surface area contributed by atoms with Gasteiger partial charge in [0, 0.05) is 17.4 Å². The number of halogens is 2. The molecule has 0 saturated carbocycles. The van der Waals surface area contributed by atoms with Gasteiger partial charge in [-0.2, -0.15) is 5.10 Å². The Balaban J connectivity index is 1.46. The molecule has 1 aliphatic heterocycles. The summed E-state index contributed by atoms with van der Waals surface area (Å²) in [6, 6.07) is 12.6. The van der Waals surface area contributed by atoms with Crippen molar-refractivity contribution in [2.75, 3.05) is 24.4 Å². The Morgan fingerprint density at radius 1 is 1.21 bits per heavy atom. The van der Waals surface area contributed by atoms with Gasteiger partial charge in [0.1, 0.15) is 5.69 Å². The number of ether oxygens (including phenoxy) is 2. The van der Waals surface area contributed by atoms with Crippen LogP contribution in [0.4, 0.5) is 25.4 Å². The van der Waals surface area contributed by atoms with Gasteiger partial charge in [-0.15, -0.1) is 0 Å². The molecule has 0 radical (unpaired) electrons. The molecule has 4 aromatic rings. The predicted octanol–water partition coefficient (Wildman–Crippen LogP) is 6.03. The van der Waals surface area contributed by atoms with Crippen molar-refractivity contribution in [3.05, 3.63) is 88.7 Å². The number of anilines is 2. The number of hydrogen-bond donors (Lipinski definition) is 3. The molecule has 0 saturated heterocycles. The van der Waals surface area contributed by atoms with E-state index in [4.69, 9.17) is 16.3 Å². The molecular formula is C29H26ClFN6O5. The van der Waals surface area contributed by atoms with Crippen LogP contribution >= 0.6 is 11.6 Å². The number of rotatable bonds is 4. The Morgan fingerprint density at radius 3 is 2.86 bits per heavy atom. The standard InChI is InChI=1S/C29H26ClFN6O5/c1-16-20(15-33-37(16)25-7-3-5-21(30)26(25)31)27(38)35-22-6-4-12-42-29(40)36-23-14-18(34-28(39)41-2)8-9-19(23)17-10-11-32-24(22)13-17/h3,5,7-11,13-15,22H,4,6,12H2,1-2H3,(H,34,39)(H,35,38)(H,36,40). The van der Waals surface area contributed by atoms with Crippen LogP contribution in [0.5, 0.6) is 0 Å². The fraction of sp³-hybridized carbons (Fsp3) is 0.207. The van der Waals surface area contributed by atoms with E-state index in [9.17, 15) is 18.8 Å². The molecule has 216 valence electrons. The zero-order valence-electron chi connectivity index (χ0n) is 22.6. The molecule has 11 nitrogen and oxygen atoms in total. The third-order valence-electron chi connectivity index (χ3n) is 6.73. The molecule has 2 aromatic heterocycles. The van der Waals surface area contributed by atoms with Crippen LogP contribution in [0.1, 0.15) is 40.6 Å². The Kier molecular flexibility index (Phi) is 8.34. The highest BCUT2D eigenvalue weighted by Gasteiger charge is 2.23. The summed E-state index contributed by atoms with van der Waals surface area (Å²) in [5.41, 5.74) is 3.53. The molecule has 1 aliphatic rings. The van der Waals surface area contributed by atoms with Crippen LogP contribution in [0.15, 0.2) is 60.9 Å². The molecule has 2 bridgehead atoms. The normalized spacial score (nSPS) is 14.8. The molecule has 2 aromatic carbocycles. The molecule has 5 rings (SSSR count). The van der Waals surface area contributed by atoms with Gasteiger partial charge in [-0.1, -0.05) is 23.7 Å². The van der Waals surface area contributed by atoms with Crippen LogP contribution in [0.3, 0.4) is 0 Å². The molecule has 0 aliphatic carbocycles. The van der Waals surface area contributed by atoms with E-state index in [0.717, 1.165) is 0 Å². The number of carbonyl (C=O) groups is 3. The van der Waals surface area contributed by atoms with Crippen molar-refractivity contribution >= 4 is 41.1 Å². The molecule has 3 heterocycles. The molecule has 0 spiro atoms. The van der Waals surface area contributed by atoms with Gasteiger partial charge in [-0.3, -0.25) is 20.4 Å². The number of hydrogen-bond acceptors (Lipinski definition) is 7. The van der Waals surface area contributed by atoms with E-state index in [-0.39, 0.29) is 22.9 Å². The van der Waals surface area contributed by atoms with E-state index in [1.165, 1.54) is 30.1 Å². The number of methoxy groups -OCH3 is 1. The van der Waals surface area contributed by atoms with Crippen molar-refractivity contribution in [3.8, 4) is 16.8 Å². The first-order chi connectivity index (χ1) is 20.2. The van der Waals surface area contributed by atoms with E-state index >= 15 is 0 Å². The third kappa shape index (κ3) is 6.03. The fourth-order valence-electron chi connectivity index (χ4n) is 4.61. The zero-order chi connectivity index (χ0) is 29.8. The lowest BCUT2D eigenvalue weighted by Crippen LogP contribution is -2.30. The molecular weight excluding hydrogens is 567 g/mol. The van der Waals surface area contributed by atoms with Crippen LogP contribution in [0.2, 0.25) is 5.02 Å². The fourth-order valence-corrected chi connectivity index (χ4v) is 4.78. The smallest absolute Gasteiger partial charge is 0.411 e. The van der Waals surface area contributed by atoms with Gasteiger partial charge in [0.2, 0.25) is 0 Å². The number of cyclic esters (lactones) is 1. The number of pyridine rings is 1. The summed E-state index contributed by atoms with van der Waals surface area (Å²) in [5, 5.41) is 12.5. The van der Waals surface area contributed by atoms with Crippen molar-refractivity contribution < 1.29 is 28.2 Å². The van der Waals surface area contributed by atoms with E-state index in [1.54, 1.807) is 43.5 Å². The van der Waals surface area contributed by atoms with E-state index < -0.39 is 30.0 Å². The highest BCUT2D eigenvalue weighted by atomic mass is 35.5. The SMILES string of the molecule is COC(=O)Nc1ccc2c(c1)NC(=O)OCCCC(NC(=O)c1cnn(-c3cccc(Cl)c3F)c1C)c1cc-2ccn1. The van der Waals surface area contributed by atoms with Crippen LogP contribution in [0, 0.1) is 12.7 Å². The summed E-state index contributed by atoms with van der Waals surface area (Å²) in [6.07, 6.45) is 2.50. The predicted molar refractivity (Wildman–Crippen MR) is 153 cm³/mol. The monoisotopic (exact) mass is 592 g/mol. The van der Waals surface area contributed by atoms with Crippen molar-refractivity contribution in [2.24, 2.45) is 0 Å². The van der Waals surface area contributed by atoms with Gasteiger partial charge >= 0.3 is 12.2 Å². The maximum absolute atomic E-state index is 14.6. The Labute approximate surface area is 245 Å². The first-order valence-electron chi connectivity index (χ1n) is 12.9. The number of nitrogens with zero attached hydrogens (tertiary/aromatic N) is 3. The van der Waals surface area contributed by atoms with E-state index in [1.807, 2.05) is 6.07 Å². The van der Waals surface area contributed by atoms with Gasteiger partial charge in [0.05, 0.1) is 53.6 Å². The molecule has 1 atom stereocenters. The largest absolute Gasteiger partial charge is 0.453 e. The summed E-state index contributed by atoms with van der Waals surface area (Å²) >= 11 is 5.94. The minimum absolute atomic E-state index is 0.0546. The molecule has 0 fully saturated rings. The number of fused-ring (bicyclic) bond motifs is 4. The number of nitrogens with one attached hydrogen (secondary N) is 3. The molecule has 3 amide bonds. The number of carbonyl (C=O) groups excluding carboxylic acids is 3. The van der Waals surface area contributed by atoms with Gasteiger partial charge in [0.15, 0.2) is 5.82 Å². The highest BCUT2D eigenvalue weighted by Crippen LogP contribution is 2.33. The first kappa shape index (κ1) is 28.6. The average molecular weight is 593 g/mol. The summed E-state index contributed by atoms with van der Waals surface area (Å²) in [6.45, 7) is 1.74. The number of aromatic nitrogens is 3. The summed E-state index contributed by atoms with van der Waals surface area (Å²) in [4.78, 5) is 42.2. The maximum atomic E-state index is 14.6. The minimum atomic E-state index is -0.668. The summed E-state index contributed by atoms with van der Waals surface area (Å²) in [7, 11) is 1.25. The lowest BCUT2D eigenvalue weighted by molar-refractivity contribution is 0.0929. The number of benzene rings is 2. The second-order valence-corrected chi connectivity index (χ2v) is 9.81. The van der Waals surface area contributed by atoms with Crippen LogP contribution in [-0.2, 0) is 9.47 Å². The molecule has 42 heavy (non-hydrogen) atoms. The lowest BCUT2D eigenvalue weighted by atomic mass is 9.99. The third-order valence-corrected chi connectivity index (χ3v) is 7.02. The van der Waals surface area contributed by atoms with E-state index in [0.29, 0.717) is 46.7 Å². The Morgan fingerprint density at radius 2 is 2.05 bits per heavy atom. The van der Waals surface area contributed by atoms with Gasteiger partial charge in [-0.05, 0) is 61.7 Å². The Hall–Kier alpha value is -4.97. The lowest BCUT2D eigenvalue weighted by Gasteiger charge is -2.21. The average Bonchev–Trinajstić information content (AvgIpc) is 3.36. The topological polar surface area (TPSA) is 136 Å². The van der Waals surface area contributed by atoms with Gasteiger partial charge in [0.25, 0.3) is 5.91 Å². The van der Waals surface area contributed by atoms with Crippen LogP contribution < -0.4 is 16.0 Å². The molecule has 13 heteroatoms. The van der Waals surface area contributed by atoms with Gasteiger partial charge < -0.3 is 14.8 Å². The second kappa shape index (κ2) is 12.3. The van der Waals surface area contributed by atoms with Crippen LogP contribution in [-0.4, -0.2) is 46.6 Å². The van der Waals surface area contributed by atoms with Crippen molar-refractivity contribution in [1.29, 1.82) is 0 Å². The quantitative estimate of drug-likeness (QED) is 0.263. The first-order valence-corrected chi connectivity index (χ1v) is 13.3. The van der Waals surface area contributed by atoms with E-state index in [2.05, 4.69) is 30.8 Å². The molecule has 1 unspecified atom stereocenters.